The number of carbonyl (C=O) groups is 1. The highest BCUT2D eigenvalue weighted by atomic mass is 16.1. The summed E-state index contributed by atoms with van der Waals surface area (Å²) >= 11 is 0. The number of hydrogen-bond donors (Lipinski definition) is 1. The number of nitrogens with one attached hydrogen (secondary N) is 1. The minimum Gasteiger partial charge on any atom is -0.352 e. The fourth-order valence-corrected chi connectivity index (χ4v) is 2.38. The van der Waals surface area contributed by atoms with Crippen molar-refractivity contribution >= 4 is 5.91 Å². The molecule has 1 amide bonds. The molecule has 1 N–H and O–H groups in total. The van der Waals surface area contributed by atoms with Gasteiger partial charge in [0.2, 0.25) is 0 Å². The van der Waals surface area contributed by atoms with Gasteiger partial charge < -0.3 is 9.88 Å². The molecule has 0 saturated heterocycles. The van der Waals surface area contributed by atoms with E-state index in [1.807, 2.05) is 30.5 Å². The molecule has 21 heavy (non-hydrogen) atoms. The third-order valence-electron chi connectivity index (χ3n) is 3.67. The SMILES string of the molecule is CCCCn1cc(C(=O)NCCc2ccccc2)cc1C. The number of aryl methyl sites for hydroxylation is 2. The van der Waals surface area contributed by atoms with E-state index in [-0.39, 0.29) is 5.91 Å². The second-order valence-corrected chi connectivity index (χ2v) is 5.41. The van der Waals surface area contributed by atoms with Crippen molar-refractivity contribution in [3.05, 3.63) is 59.4 Å². The summed E-state index contributed by atoms with van der Waals surface area (Å²) in [6.45, 7) is 5.88. The number of carbonyl (C=O) groups excluding carboxylic acids is 1. The van der Waals surface area contributed by atoms with Crippen molar-refractivity contribution in [1.82, 2.24) is 9.88 Å². The van der Waals surface area contributed by atoms with Gasteiger partial charge in [-0.3, -0.25) is 4.79 Å². The van der Waals surface area contributed by atoms with Gasteiger partial charge in [-0.05, 0) is 31.4 Å². The molecule has 0 aliphatic heterocycles. The first kappa shape index (κ1) is 15.4. The number of benzene rings is 1. The van der Waals surface area contributed by atoms with Crippen LogP contribution in [0.15, 0.2) is 42.6 Å². The predicted molar refractivity (Wildman–Crippen MR) is 86.6 cm³/mol. The van der Waals surface area contributed by atoms with Crippen LogP contribution in [-0.4, -0.2) is 17.0 Å². The van der Waals surface area contributed by atoms with E-state index in [1.165, 1.54) is 5.56 Å². The summed E-state index contributed by atoms with van der Waals surface area (Å²) in [5.41, 5.74) is 3.16. The Morgan fingerprint density at radius 1 is 1.24 bits per heavy atom. The third-order valence-corrected chi connectivity index (χ3v) is 3.67. The summed E-state index contributed by atoms with van der Waals surface area (Å²) in [7, 11) is 0. The standard InChI is InChI=1S/C18H24N2O/c1-3-4-12-20-14-17(13-15(20)2)18(21)19-11-10-16-8-6-5-7-9-16/h5-9,13-14H,3-4,10-12H2,1-2H3,(H,19,21). The molecule has 112 valence electrons. The van der Waals surface area contributed by atoms with Crippen molar-refractivity contribution in [2.24, 2.45) is 0 Å². The van der Waals surface area contributed by atoms with E-state index >= 15 is 0 Å². The maximum atomic E-state index is 12.1. The molecule has 0 bridgehead atoms. The van der Waals surface area contributed by atoms with Gasteiger partial charge in [-0.1, -0.05) is 43.7 Å². The van der Waals surface area contributed by atoms with Gasteiger partial charge in [0.15, 0.2) is 0 Å². The van der Waals surface area contributed by atoms with Gasteiger partial charge in [0.25, 0.3) is 5.91 Å². The lowest BCUT2D eigenvalue weighted by Crippen LogP contribution is -2.25. The van der Waals surface area contributed by atoms with Crippen molar-refractivity contribution in [2.75, 3.05) is 6.54 Å². The summed E-state index contributed by atoms with van der Waals surface area (Å²) in [5, 5.41) is 2.99. The quantitative estimate of drug-likeness (QED) is 0.828. The highest BCUT2D eigenvalue weighted by molar-refractivity contribution is 5.94. The largest absolute Gasteiger partial charge is 0.352 e. The topological polar surface area (TPSA) is 34.0 Å². The number of rotatable bonds is 7. The number of unbranched alkanes of at least 4 members (excludes halogenated alkanes) is 1. The molecular formula is C18H24N2O. The molecule has 0 fully saturated rings. The molecule has 3 heteroatoms. The Bertz CT molecular complexity index is 572. The van der Waals surface area contributed by atoms with E-state index in [2.05, 4.69) is 35.9 Å². The molecule has 2 aromatic rings. The lowest BCUT2D eigenvalue weighted by molar-refractivity contribution is 0.0954. The molecule has 1 aromatic carbocycles. The second kappa shape index (κ2) is 7.67. The fourth-order valence-electron chi connectivity index (χ4n) is 2.38. The van der Waals surface area contributed by atoms with Crippen LogP contribution in [0.4, 0.5) is 0 Å². The summed E-state index contributed by atoms with van der Waals surface area (Å²) in [6.07, 6.45) is 5.13. The average Bonchev–Trinajstić information content (AvgIpc) is 2.87. The molecule has 3 nitrogen and oxygen atoms in total. The molecule has 2 rings (SSSR count). The number of amides is 1. The van der Waals surface area contributed by atoms with Crippen molar-refractivity contribution < 1.29 is 4.79 Å². The van der Waals surface area contributed by atoms with Crippen molar-refractivity contribution in [2.45, 2.75) is 39.7 Å². The van der Waals surface area contributed by atoms with Crippen LogP contribution in [0.3, 0.4) is 0 Å². The highest BCUT2D eigenvalue weighted by Gasteiger charge is 2.09. The number of aromatic nitrogens is 1. The normalized spacial score (nSPS) is 10.6. The third kappa shape index (κ3) is 4.48. The zero-order chi connectivity index (χ0) is 15.1. The Labute approximate surface area is 127 Å². The van der Waals surface area contributed by atoms with Gasteiger partial charge in [0.05, 0.1) is 5.56 Å². The first-order chi connectivity index (χ1) is 10.2. The molecule has 0 aliphatic rings. The Morgan fingerprint density at radius 2 is 2.00 bits per heavy atom. The lowest BCUT2D eigenvalue weighted by atomic mass is 10.1. The molecule has 1 aromatic heterocycles. The van der Waals surface area contributed by atoms with Gasteiger partial charge in [-0.15, -0.1) is 0 Å². The predicted octanol–water partition coefficient (Wildman–Crippen LogP) is 3.57. The summed E-state index contributed by atoms with van der Waals surface area (Å²) in [4.78, 5) is 12.1. The maximum absolute atomic E-state index is 12.1. The molecule has 0 radical (unpaired) electrons. The van der Waals surface area contributed by atoms with Gasteiger partial charge in [-0.2, -0.15) is 0 Å². The zero-order valence-corrected chi connectivity index (χ0v) is 12.9. The average molecular weight is 284 g/mol. The number of nitrogens with zero attached hydrogens (tertiary/aromatic N) is 1. The van der Waals surface area contributed by atoms with E-state index in [4.69, 9.17) is 0 Å². The molecule has 0 saturated carbocycles. The minimum absolute atomic E-state index is 0.0179. The van der Waals surface area contributed by atoms with Gasteiger partial charge in [0, 0.05) is 25.0 Å². The lowest BCUT2D eigenvalue weighted by Gasteiger charge is -2.04. The summed E-state index contributed by atoms with van der Waals surface area (Å²) in [6, 6.07) is 12.2. The van der Waals surface area contributed by atoms with E-state index in [1.54, 1.807) is 0 Å². The first-order valence-corrected chi connectivity index (χ1v) is 7.69. The second-order valence-electron chi connectivity index (χ2n) is 5.41. The smallest absolute Gasteiger partial charge is 0.252 e. The molecule has 0 atom stereocenters. The van der Waals surface area contributed by atoms with Crippen LogP contribution in [0.5, 0.6) is 0 Å². The van der Waals surface area contributed by atoms with Crippen LogP contribution >= 0.6 is 0 Å². The minimum atomic E-state index is 0.0179. The van der Waals surface area contributed by atoms with Crippen LogP contribution < -0.4 is 5.32 Å². The van der Waals surface area contributed by atoms with E-state index in [9.17, 15) is 4.79 Å². The van der Waals surface area contributed by atoms with Crippen molar-refractivity contribution in [3.63, 3.8) is 0 Å². The van der Waals surface area contributed by atoms with Crippen LogP contribution in [0.2, 0.25) is 0 Å². The Balaban J connectivity index is 1.85. The van der Waals surface area contributed by atoms with Crippen molar-refractivity contribution in [3.8, 4) is 0 Å². The van der Waals surface area contributed by atoms with Crippen molar-refractivity contribution in [1.29, 1.82) is 0 Å². The molecule has 0 spiro atoms. The van der Waals surface area contributed by atoms with Crippen LogP contribution in [0.25, 0.3) is 0 Å². The van der Waals surface area contributed by atoms with Gasteiger partial charge in [-0.25, -0.2) is 0 Å². The van der Waals surface area contributed by atoms with Gasteiger partial charge in [0.1, 0.15) is 0 Å². The molecular weight excluding hydrogens is 260 g/mol. The van der Waals surface area contributed by atoms with Crippen LogP contribution in [0.1, 0.15) is 41.4 Å². The highest BCUT2D eigenvalue weighted by Crippen LogP contribution is 2.09. The monoisotopic (exact) mass is 284 g/mol. The summed E-state index contributed by atoms with van der Waals surface area (Å²) < 4.78 is 2.16. The van der Waals surface area contributed by atoms with E-state index in [0.717, 1.165) is 37.1 Å². The van der Waals surface area contributed by atoms with Crippen LogP contribution in [0, 0.1) is 6.92 Å². The van der Waals surface area contributed by atoms with E-state index in [0.29, 0.717) is 6.54 Å². The molecule has 0 unspecified atom stereocenters. The molecule has 1 heterocycles. The van der Waals surface area contributed by atoms with E-state index < -0.39 is 0 Å². The fraction of sp³-hybridized carbons (Fsp3) is 0.389. The van der Waals surface area contributed by atoms with Gasteiger partial charge >= 0.3 is 0 Å². The zero-order valence-electron chi connectivity index (χ0n) is 12.9. The Hall–Kier alpha value is -2.03. The Kier molecular flexibility index (Phi) is 5.61. The Morgan fingerprint density at radius 3 is 2.71 bits per heavy atom. The first-order valence-electron chi connectivity index (χ1n) is 7.69. The summed E-state index contributed by atoms with van der Waals surface area (Å²) in [5.74, 6) is 0.0179. The number of hydrogen-bond acceptors (Lipinski definition) is 1. The molecule has 0 aliphatic carbocycles. The maximum Gasteiger partial charge on any atom is 0.252 e. The van der Waals surface area contributed by atoms with Crippen LogP contribution in [-0.2, 0) is 13.0 Å².